The van der Waals surface area contributed by atoms with Gasteiger partial charge in [-0.1, -0.05) is 0 Å². The lowest BCUT2D eigenvalue weighted by Gasteiger charge is -2.21. The molecule has 1 fully saturated rings. The van der Waals surface area contributed by atoms with Crippen LogP contribution in [0.2, 0.25) is 0 Å². The quantitative estimate of drug-likeness (QED) is 0.808. The standard InChI is InChI=1S/C13H19N3O3/c1-9(2)19-11-5-7-14-13(15-11)16(10-3-4-10)8-6-12(17)18/h5,7,9-10H,3-4,6,8H2,1-2H3,(H,17,18). The van der Waals surface area contributed by atoms with E-state index in [9.17, 15) is 4.79 Å². The first-order chi connectivity index (χ1) is 9.06. The summed E-state index contributed by atoms with van der Waals surface area (Å²) in [6.45, 7) is 4.31. The number of hydrogen-bond acceptors (Lipinski definition) is 5. The van der Waals surface area contributed by atoms with Crippen molar-refractivity contribution in [3.05, 3.63) is 12.3 Å². The van der Waals surface area contributed by atoms with E-state index >= 15 is 0 Å². The van der Waals surface area contributed by atoms with Crippen LogP contribution in [0.3, 0.4) is 0 Å². The Morgan fingerprint density at radius 3 is 2.89 bits per heavy atom. The normalized spacial score (nSPS) is 14.5. The average Bonchev–Trinajstić information content (AvgIpc) is 3.13. The molecule has 0 aliphatic heterocycles. The van der Waals surface area contributed by atoms with Crippen LogP contribution in [0.1, 0.15) is 33.1 Å². The summed E-state index contributed by atoms with van der Waals surface area (Å²) in [5, 5.41) is 8.79. The molecule has 6 heteroatoms. The summed E-state index contributed by atoms with van der Waals surface area (Å²) in [5.41, 5.74) is 0. The Kier molecular flexibility index (Phi) is 4.19. The SMILES string of the molecule is CC(C)Oc1ccnc(N(CCC(=O)O)C2CC2)n1. The summed E-state index contributed by atoms with van der Waals surface area (Å²) in [6, 6.07) is 2.08. The van der Waals surface area contributed by atoms with Crippen LogP contribution in [-0.2, 0) is 4.79 Å². The predicted octanol–water partition coefficient (Wildman–Crippen LogP) is 1.71. The third-order valence-electron chi connectivity index (χ3n) is 2.78. The molecule has 0 saturated heterocycles. The number of carboxylic acids is 1. The zero-order valence-electron chi connectivity index (χ0n) is 11.2. The second-order valence-corrected chi connectivity index (χ2v) is 4.93. The molecule has 0 amide bonds. The van der Waals surface area contributed by atoms with Gasteiger partial charge in [-0.15, -0.1) is 0 Å². The summed E-state index contributed by atoms with van der Waals surface area (Å²) in [4.78, 5) is 21.2. The molecule has 1 saturated carbocycles. The average molecular weight is 265 g/mol. The largest absolute Gasteiger partial charge is 0.481 e. The molecule has 1 heterocycles. The maximum Gasteiger partial charge on any atom is 0.305 e. The summed E-state index contributed by atoms with van der Waals surface area (Å²) in [6.07, 6.45) is 3.93. The van der Waals surface area contributed by atoms with E-state index in [0.29, 0.717) is 24.4 Å². The Balaban J connectivity index is 2.09. The molecular formula is C13H19N3O3. The summed E-state index contributed by atoms with van der Waals surface area (Å²) in [7, 11) is 0. The molecule has 19 heavy (non-hydrogen) atoms. The van der Waals surface area contributed by atoms with Gasteiger partial charge in [0.25, 0.3) is 0 Å². The van der Waals surface area contributed by atoms with Crippen molar-refractivity contribution in [2.45, 2.75) is 45.3 Å². The van der Waals surface area contributed by atoms with Gasteiger partial charge >= 0.3 is 5.97 Å². The fourth-order valence-corrected chi connectivity index (χ4v) is 1.83. The highest BCUT2D eigenvalue weighted by Gasteiger charge is 2.31. The zero-order chi connectivity index (χ0) is 13.8. The number of hydrogen-bond donors (Lipinski definition) is 1. The fraction of sp³-hybridized carbons (Fsp3) is 0.615. The van der Waals surface area contributed by atoms with Gasteiger partial charge in [-0.3, -0.25) is 4.79 Å². The summed E-state index contributed by atoms with van der Waals surface area (Å²) >= 11 is 0. The van der Waals surface area contributed by atoms with Crippen molar-refractivity contribution in [2.24, 2.45) is 0 Å². The van der Waals surface area contributed by atoms with Crippen molar-refractivity contribution < 1.29 is 14.6 Å². The van der Waals surface area contributed by atoms with Crippen molar-refractivity contribution in [3.63, 3.8) is 0 Å². The molecule has 0 radical (unpaired) electrons. The van der Waals surface area contributed by atoms with E-state index in [1.165, 1.54) is 0 Å². The Bertz CT molecular complexity index is 447. The first-order valence-electron chi connectivity index (χ1n) is 6.54. The molecule has 104 valence electrons. The minimum Gasteiger partial charge on any atom is -0.481 e. The molecule has 6 nitrogen and oxygen atoms in total. The first kappa shape index (κ1) is 13.6. The molecule has 2 rings (SSSR count). The minimum absolute atomic E-state index is 0.0520. The number of carbonyl (C=O) groups is 1. The molecule has 1 aromatic rings. The van der Waals surface area contributed by atoms with E-state index in [1.807, 2.05) is 18.7 Å². The monoisotopic (exact) mass is 265 g/mol. The summed E-state index contributed by atoms with van der Waals surface area (Å²) in [5.74, 6) is 0.281. The highest BCUT2D eigenvalue weighted by molar-refractivity contribution is 5.67. The number of nitrogens with zero attached hydrogens (tertiary/aromatic N) is 3. The number of carboxylic acid groups (broad SMARTS) is 1. The van der Waals surface area contributed by atoms with Crippen LogP contribution >= 0.6 is 0 Å². The van der Waals surface area contributed by atoms with Crippen molar-refractivity contribution in [1.29, 1.82) is 0 Å². The zero-order valence-corrected chi connectivity index (χ0v) is 11.2. The van der Waals surface area contributed by atoms with Crippen LogP contribution in [0.5, 0.6) is 5.88 Å². The smallest absolute Gasteiger partial charge is 0.305 e. The molecule has 0 atom stereocenters. The number of rotatable bonds is 7. The van der Waals surface area contributed by atoms with Crippen molar-refractivity contribution >= 4 is 11.9 Å². The topological polar surface area (TPSA) is 75.5 Å². The van der Waals surface area contributed by atoms with Crippen LogP contribution in [0.25, 0.3) is 0 Å². The van der Waals surface area contributed by atoms with Gasteiger partial charge in [0, 0.05) is 24.8 Å². The minimum atomic E-state index is -0.805. The Hall–Kier alpha value is -1.85. The van der Waals surface area contributed by atoms with Gasteiger partial charge in [0.15, 0.2) is 0 Å². The molecular weight excluding hydrogens is 246 g/mol. The van der Waals surface area contributed by atoms with Gasteiger partial charge in [0.2, 0.25) is 11.8 Å². The van der Waals surface area contributed by atoms with Crippen molar-refractivity contribution in [3.8, 4) is 5.88 Å². The van der Waals surface area contributed by atoms with Gasteiger partial charge in [-0.05, 0) is 26.7 Å². The number of anilines is 1. The van der Waals surface area contributed by atoms with E-state index in [1.54, 1.807) is 12.3 Å². The number of aromatic nitrogens is 2. The van der Waals surface area contributed by atoms with Crippen molar-refractivity contribution in [1.82, 2.24) is 9.97 Å². The van der Waals surface area contributed by atoms with Gasteiger partial charge in [0.05, 0.1) is 12.5 Å². The van der Waals surface area contributed by atoms with E-state index < -0.39 is 5.97 Å². The molecule has 1 aliphatic rings. The van der Waals surface area contributed by atoms with Gasteiger partial charge in [-0.2, -0.15) is 4.98 Å². The highest BCUT2D eigenvalue weighted by Crippen LogP contribution is 2.30. The Labute approximate surface area is 112 Å². The maximum absolute atomic E-state index is 10.7. The maximum atomic E-state index is 10.7. The van der Waals surface area contributed by atoms with E-state index in [0.717, 1.165) is 12.8 Å². The van der Waals surface area contributed by atoms with Gasteiger partial charge in [0.1, 0.15) is 0 Å². The van der Waals surface area contributed by atoms with Crippen molar-refractivity contribution in [2.75, 3.05) is 11.4 Å². The van der Waals surface area contributed by atoms with E-state index in [-0.39, 0.29) is 12.5 Å². The number of ether oxygens (including phenoxy) is 1. The molecule has 1 aliphatic carbocycles. The second kappa shape index (κ2) is 5.86. The third kappa shape index (κ3) is 4.08. The lowest BCUT2D eigenvalue weighted by Crippen LogP contribution is -2.30. The van der Waals surface area contributed by atoms with E-state index in [2.05, 4.69) is 9.97 Å². The van der Waals surface area contributed by atoms with Crippen LogP contribution in [-0.4, -0.2) is 39.7 Å². The Morgan fingerprint density at radius 2 is 2.32 bits per heavy atom. The molecule has 0 spiro atoms. The second-order valence-electron chi connectivity index (χ2n) is 4.93. The lowest BCUT2D eigenvalue weighted by molar-refractivity contribution is -0.136. The predicted molar refractivity (Wildman–Crippen MR) is 70.4 cm³/mol. The van der Waals surface area contributed by atoms with E-state index in [4.69, 9.17) is 9.84 Å². The summed E-state index contributed by atoms with van der Waals surface area (Å²) < 4.78 is 5.54. The number of aliphatic carboxylic acids is 1. The van der Waals surface area contributed by atoms with Gasteiger partial charge < -0.3 is 14.7 Å². The fourth-order valence-electron chi connectivity index (χ4n) is 1.83. The molecule has 1 N–H and O–H groups in total. The Morgan fingerprint density at radius 1 is 1.58 bits per heavy atom. The van der Waals surface area contributed by atoms with Gasteiger partial charge in [-0.25, -0.2) is 4.98 Å². The lowest BCUT2D eigenvalue weighted by atomic mass is 10.4. The van der Waals surface area contributed by atoms with Crippen LogP contribution in [0, 0.1) is 0 Å². The van der Waals surface area contributed by atoms with Crippen LogP contribution in [0.15, 0.2) is 12.3 Å². The molecule has 0 aromatic carbocycles. The first-order valence-corrected chi connectivity index (χ1v) is 6.54. The molecule has 1 aromatic heterocycles. The molecule has 0 bridgehead atoms. The highest BCUT2D eigenvalue weighted by atomic mass is 16.5. The molecule has 0 unspecified atom stereocenters. The van der Waals surface area contributed by atoms with Crippen LogP contribution < -0.4 is 9.64 Å². The third-order valence-corrected chi connectivity index (χ3v) is 2.78. The van der Waals surface area contributed by atoms with Crippen LogP contribution in [0.4, 0.5) is 5.95 Å².